The molecule has 0 bridgehead atoms. The molecule has 0 N–H and O–H groups in total. The van der Waals surface area contributed by atoms with Crippen molar-refractivity contribution in [3.8, 4) is 33.8 Å². The maximum Gasteiger partial charge on any atom is 0.143 e. The molecule has 7 aromatic rings. The van der Waals surface area contributed by atoms with Gasteiger partial charge in [0.1, 0.15) is 11.5 Å². The van der Waals surface area contributed by atoms with Gasteiger partial charge in [0, 0.05) is 34.0 Å². The van der Waals surface area contributed by atoms with Gasteiger partial charge in [0.15, 0.2) is 0 Å². The van der Waals surface area contributed by atoms with Gasteiger partial charge in [-0.15, -0.1) is 0 Å². The van der Waals surface area contributed by atoms with Crippen molar-refractivity contribution in [2.45, 2.75) is 19.3 Å². The highest BCUT2D eigenvalue weighted by atomic mass is 16.5. The van der Waals surface area contributed by atoms with Crippen molar-refractivity contribution in [3.05, 3.63) is 139 Å². The lowest BCUT2D eigenvalue weighted by molar-refractivity contribution is 0.494. The fourth-order valence-corrected chi connectivity index (χ4v) is 6.61. The van der Waals surface area contributed by atoms with E-state index in [0.717, 1.165) is 38.4 Å². The maximum absolute atomic E-state index is 6.73. The molecule has 6 aromatic carbocycles. The van der Waals surface area contributed by atoms with Gasteiger partial charge in [-0.2, -0.15) is 0 Å². The van der Waals surface area contributed by atoms with Crippen molar-refractivity contribution in [1.82, 2.24) is 4.98 Å². The fourth-order valence-electron chi connectivity index (χ4n) is 6.61. The molecule has 0 atom stereocenters. The average molecular weight is 514 g/mol. The molecule has 1 aliphatic rings. The van der Waals surface area contributed by atoms with Gasteiger partial charge in [-0.25, -0.2) is 0 Å². The van der Waals surface area contributed by atoms with Gasteiger partial charge < -0.3 is 4.74 Å². The Labute approximate surface area is 233 Å². The average Bonchev–Trinajstić information content (AvgIpc) is 3.23. The summed E-state index contributed by atoms with van der Waals surface area (Å²) >= 11 is 0. The number of hydrogen-bond acceptors (Lipinski definition) is 2. The van der Waals surface area contributed by atoms with E-state index in [1.807, 2.05) is 12.4 Å². The van der Waals surface area contributed by atoms with Crippen molar-refractivity contribution in [3.63, 3.8) is 0 Å². The fraction of sp³-hybridized carbons (Fsp3) is 0.0789. The molecule has 0 saturated carbocycles. The second-order valence-corrected chi connectivity index (χ2v) is 11.2. The molecular weight excluding hydrogens is 486 g/mol. The largest absolute Gasteiger partial charge is 0.456 e. The van der Waals surface area contributed by atoms with Gasteiger partial charge in [0.2, 0.25) is 0 Å². The summed E-state index contributed by atoms with van der Waals surface area (Å²) in [7, 11) is 0. The topological polar surface area (TPSA) is 22.1 Å². The molecule has 0 radical (unpaired) electrons. The Morgan fingerprint density at radius 2 is 1.30 bits per heavy atom. The van der Waals surface area contributed by atoms with Crippen LogP contribution < -0.4 is 4.74 Å². The predicted octanol–water partition coefficient (Wildman–Crippen LogP) is 10.3. The minimum Gasteiger partial charge on any atom is -0.456 e. The molecule has 0 amide bonds. The van der Waals surface area contributed by atoms with Crippen LogP contribution in [-0.2, 0) is 5.41 Å². The first kappa shape index (κ1) is 23.0. The summed E-state index contributed by atoms with van der Waals surface area (Å²) in [6.07, 6.45) is 3.84. The molecule has 8 rings (SSSR count). The molecule has 0 saturated heterocycles. The van der Waals surface area contributed by atoms with Crippen LogP contribution in [-0.4, -0.2) is 4.98 Å². The number of aromatic nitrogens is 1. The highest BCUT2D eigenvalue weighted by molar-refractivity contribution is 6.17. The summed E-state index contributed by atoms with van der Waals surface area (Å²) in [6.45, 7) is 4.67. The molecule has 1 heterocycles. The molecule has 1 aliphatic carbocycles. The third-order valence-electron chi connectivity index (χ3n) is 8.59. The zero-order chi connectivity index (χ0) is 26.8. The normalized spacial score (nSPS) is 13.4. The lowest BCUT2D eigenvalue weighted by atomic mass is 9.81. The van der Waals surface area contributed by atoms with Crippen LogP contribution in [0.2, 0.25) is 0 Å². The van der Waals surface area contributed by atoms with Crippen LogP contribution in [0.25, 0.3) is 54.6 Å². The highest BCUT2D eigenvalue weighted by Gasteiger charge is 2.35. The van der Waals surface area contributed by atoms with Crippen LogP contribution in [0, 0.1) is 0 Å². The molecule has 1 aromatic heterocycles. The maximum atomic E-state index is 6.73. The summed E-state index contributed by atoms with van der Waals surface area (Å²) in [4.78, 5) is 4.57. The lowest BCUT2D eigenvalue weighted by Crippen LogP contribution is -2.14. The molecule has 2 nitrogen and oxygen atoms in total. The number of fused-ring (bicyclic) bond motifs is 6. The van der Waals surface area contributed by atoms with E-state index in [9.17, 15) is 0 Å². The smallest absolute Gasteiger partial charge is 0.143 e. The Balaban J connectivity index is 1.36. The first-order valence-electron chi connectivity index (χ1n) is 13.8. The summed E-state index contributed by atoms with van der Waals surface area (Å²) in [5, 5.41) is 6.75. The number of rotatable bonds is 3. The van der Waals surface area contributed by atoms with E-state index in [0.29, 0.717) is 0 Å². The van der Waals surface area contributed by atoms with Gasteiger partial charge in [-0.3, -0.25) is 4.98 Å². The number of hydrogen-bond donors (Lipinski definition) is 0. The first-order valence-corrected chi connectivity index (χ1v) is 13.8. The Morgan fingerprint density at radius 1 is 0.575 bits per heavy atom. The number of ether oxygens (including phenoxy) is 1. The van der Waals surface area contributed by atoms with E-state index < -0.39 is 0 Å². The van der Waals surface area contributed by atoms with Crippen LogP contribution in [0.4, 0.5) is 0 Å². The van der Waals surface area contributed by atoms with Gasteiger partial charge in [-0.1, -0.05) is 105 Å². The van der Waals surface area contributed by atoms with E-state index in [4.69, 9.17) is 4.74 Å². The van der Waals surface area contributed by atoms with Crippen LogP contribution in [0.15, 0.2) is 128 Å². The third-order valence-corrected chi connectivity index (χ3v) is 8.59. The number of pyridine rings is 1. The van der Waals surface area contributed by atoms with Crippen molar-refractivity contribution in [2.75, 3.05) is 0 Å². The third kappa shape index (κ3) is 3.32. The zero-order valence-electron chi connectivity index (χ0n) is 22.5. The lowest BCUT2D eigenvalue weighted by Gasteiger charge is -2.23. The second-order valence-electron chi connectivity index (χ2n) is 11.2. The summed E-state index contributed by atoms with van der Waals surface area (Å²) in [5.74, 6) is 1.69. The van der Waals surface area contributed by atoms with Crippen LogP contribution in [0.3, 0.4) is 0 Å². The molecule has 0 unspecified atom stereocenters. The van der Waals surface area contributed by atoms with Gasteiger partial charge in [0.05, 0.1) is 0 Å². The van der Waals surface area contributed by atoms with Crippen molar-refractivity contribution >= 4 is 32.3 Å². The highest BCUT2D eigenvalue weighted by Crippen LogP contribution is 2.51. The second kappa shape index (κ2) is 8.53. The van der Waals surface area contributed by atoms with Gasteiger partial charge in [0.25, 0.3) is 0 Å². The van der Waals surface area contributed by atoms with E-state index in [1.54, 1.807) is 0 Å². The predicted molar refractivity (Wildman–Crippen MR) is 166 cm³/mol. The van der Waals surface area contributed by atoms with Gasteiger partial charge in [-0.05, 0) is 73.8 Å². The van der Waals surface area contributed by atoms with Crippen LogP contribution >= 0.6 is 0 Å². The molecule has 0 fully saturated rings. The minimum atomic E-state index is -0.0646. The van der Waals surface area contributed by atoms with E-state index in [1.165, 1.54) is 38.8 Å². The SMILES string of the molecule is CC1(C)c2ccccc2-c2ccc(-c3c4ccccc4c(Oc4ccc5ccccc5c4)c4ccncc34)cc21. The van der Waals surface area contributed by atoms with E-state index in [-0.39, 0.29) is 5.41 Å². The number of benzene rings is 6. The van der Waals surface area contributed by atoms with Crippen LogP contribution in [0.1, 0.15) is 25.0 Å². The Bertz CT molecular complexity index is 2060. The summed E-state index contributed by atoms with van der Waals surface area (Å²) < 4.78 is 6.73. The molecule has 0 aliphatic heterocycles. The van der Waals surface area contributed by atoms with Crippen LogP contribution in [0.5, 0.6) is 11.5 Å². The molecule has 40 heavy (non-hydrogen) atoms. The molecule has 190 valence electrons. The van der Waals surface area contributed by atoms with Crippen molar-refractivity contribution in [2.24, 2.45) is 0 Å². The zero-order valence-corrected chi connectivity index (χ0v) is 22.5. The summed E-state index contributed by atoms with van der Waals surface area (Å²) in [6, 6.07) is 41.1. The Hall–Kier alpha value is -4.95. The Kier molecular flexibility index (Phi) is 4.90. The van der Waals surface area contributed by atoms with Crippen molar-refractivity contribution in [1.29, 1.82) is 0 Å². The minimum absolute atomic E-state index is 0.0646. The van der Waals surface area contributed by atoms with E-state index >= 15 is 0 Å². The molecule has 2 heteroatoms. The molecule has 0 spiro atoms. The number of nitrogens with zero attached hydrogens (tertiary/aromatic N) is 1. The van der Waals surface area contributed by atoms with Gasteiger partial charge >= 0.3 is 0 Å². The van der Waals surface area contributed by atoms with E-state index in [2.05, 4.69) is 134 Å². The Morgan fingerprint density at radius 3 is 2.20 bits per heavy atom. The molecular formula is C38H27NO. The summed E-state index contributed by atoms with van der Waals surface area (Å²) in [5.41, 5.74) is 7.74. The monoisotopic (exact) mass is 513 g/mol. The van der Waals surface area contributed by atoms with Crippen molar-refractivity contribution < 1.29 is 4.74 Å². The standard InChI is InChI=1S/C38H27NO/c1-38(2)34-14-8-7-11-28(34)29-18-16-26(22-35(29)38)36-30-12-5-6-13-31(30)37(32-19-20-39-23-33(32)36)40-27-17-15-24-9-3-4-10-25(24)21-27/h3-23H,1-2H3. The first-order chi connectivity index (χ1) is 19.6. The quantitative estimate of drug-likeness (QED) is 0.219.